The lowest BCUT2D eigenvalue weighted by Gasteiger charge is -1.95. The highest BCUT2D eigenvalue weighted by Crippen LogP contribution is 2.10. The second kappa shape index (κ2) is 4.92. The van der Waals surface area contributed by atoms with Crippen molar-refractivity contribution in [1.29, 1.82) is 0 Å². The fourth-order valence-electron chi connectivity index (χ4n) is 0.974. The van der Waals surface area contributed by atoms with Crippen LogP contribution >= 0.6 is 0 Å². The Bertz CT molecular complexity index is 324. The fraction of sp³-hybridized carbons (Fsp3) is 0.300. The first-order chi connectivity index (χ1) is 6.18. The Morgan fingerprint density at radius 2 is 1.77 bits per heavy atom. The topological polar surface area (TPSA) is 24.7 Å². The quantitative estimate of drug-likeness (QED) is 0.485. The van der Waals surface area contributed by atoms with Gasteiger partial charge in [-0.05, 0) is 31.6 Å². The molecule has 0 saturated carbocycles. The summed E-state index contributed by atoms with van der Waals surface area (Å²) in [5.74, 6) is 0.847. The molecule has 0 aromatic heterocycles. The minimum Gasteiger partial charge on any atom is -0.233 e. The van der Waals surface area contributed by atoms with Gasteiger partial charge in [0.25, 0.3) is 0 Å². The second-order valence-corrected chi connectivity index (χ2v) is 4.59. The van der Waals surface area contributed by atoms with Gasteiger partial charge in [0, 0.05) is 0 Å². The molecule has 0 unspecified atom stereocenters. The molecule has 0 aliphatic heterocycles. The van der Waals surface area contributed by atoms with Crippen LogP contribution in [0.2, 0.25) is 0 Å². The van der Waals surface area contributed by atoms with E-state index < -0.39 is 0 Å². The first kappa shape index (κ1) is 10.1. The maximum absolute atomic E-state index is 4.36. The predicted octanol–water partition coefficient (Wildman–Crippen LogP) is 2.80. The average Bonchev–Trinajstić information content (AvgIpc) is 2.04. The van der Waals surface area contributed by atoms with Gasteiger partial charge < -0.3 is 0 Å². The summed E-state index contributed by atoms with van der Waals surface area (Å²) >= 11 is 0. The van der Waals surface area contributed by atoms with E-state index in [0.29, 0.717) is 0 Å². The van der Waals surface area contributed by atoms with Crippen LogP contribution in [0.1, 0.15) is 6.92 Å². The molecule has 0 saturated heterocycles. The van der Waals surface area contributed by atoms with E-state index in [-0.39, 0.29) is 10.7 Å². The minimum absolute atomic E-state index is 0.0749. The summed E-state index contributed by atoms with van der Waals surface area (Å²) < 4.78 is 4.35. The van der Waals surface area contributed by atoms with E-state index in [1.807, 2.05) is 37.3 Å². The van der Waals surface area contributed by atoms with Gasteiger partial charge in [0.2, 0.25) is 0 Å². The van der Waals surface area contributed by atoms with Gasteiger partial charge in [-0.2, -0.15) is 0 Å². The molecule has 2 nitrogen and oxygen atoms in total. The van der Waals surface area contributed by atoms with Crippen molar-refractivity contribution >= 4 is 22.2 Å². The number of amidine groups is 1. The van der Waals surface area contributed by atoms with Crippen LogP contribution in [0, 0.1) is 0 Å². The summed E-state index contributed by atoms with van der Waals surface area (Å²) in [6.45, 7) is 1.93. The van der Waals surface area contributed by atoms with E-state index in [4.69, 9.17) is 0 Å². The van der Waals surface area contributed by atoms with Crippen molar-refractivity contribution in [3.05, 3.63) is 30.3 Å². The molecule has 0 spiro atoms. The third-order valence-corrected chi connectivity index (χ3v) is 1.99. The summed E-state index contributed by atoms with van der Waals surface area (Å²) in [7, 11) is 0.0749. The molecule has 1 aromatic rings. The van der Waals surface area contributed by atoms with Crippen LogP contribution in [0.15, 0.2) is 39.7 Å². The highest BCUT2D eigenvalue weighted by Gasteiger charge is 1.88. The lowest BCUT2D eigenvalue weighted by Crippen LogP contribution is -1.88. The van der Waals surface area contributed by atoms with Crippen molar-refractivity contribution < 1.29 is 0 Å². The molecule has 0 aliphatic rings. The van der Waals surface area contributed by atoms with Crippen LogP contribution in [0.3, 0.4) is 0 Å². The van der Waals surface area contributed by atoms with Crippen LogP contribution in [0.25, 0.3) is 0 Å². The van der Waals surface area contributed by atoms with Crippen LogP contribution in [0.5, 0.6) is 0 Å². The molecular formula is C10H14N2S. The fourth-order valence-corrected chi connectivity index (χ4v) is 1.54. The Kier molecular flexibility index (Phi) is 3.83. The monoisotopic (exact) mass is 194 g/mol. The van der Waals surface area contributed by atoms with Crippen LogP contribution < -0.4 is 0 Å². The maximum Gasteiger partial charge on any atom is 0.133 e. The highest BCUT2D eigenvalue weighted by atomic mass is 32.2. The zero-order valence-electron chi connectivity index (χ0n) is 8.19. The lowest BCUT2D eigenvalue weighted by molar-refractivity contribution is 1.46. The normalized spacial score (nSPS) is 11.8. The summed E-state index contributed by atoms with van der Waals surface area (Å²) in [5.41, 5.74) is 0.967. The maximum atomic E-state index is 4.36. The SMILES string of the molecule is CC(=Nc1ccccc1)N=S(C)C. The number of para-hydroxylation sites is 1. The molecule has 1 aromatic carbocycles. The Hall–Kier alpha value is -0.960. The van der Waals surface area contributed by atoms with Crippen molar-refractivity contribution in [2.45, 2.75) is 6.92 Å². The molecular weight excluding hydrogens is 180 g/mol. The van der Waals surface area contributed by atoms with E-state index >= 15 is 0 Å². The predicted molar refractivity (Wildman–Crippen MR) is 60.9 cm³/mol. The molecule has 0 bridgehead atoms. The Morgan fingerprint density at radius 1 is 1.15 bits per heavy atom. The summed E-state index contributed by atoms with van der Waals surface area (Å²) in [6.07, 6.45) is 4.15. The minimum atomic E-state index is 0.0749. The third kappa shape index (κ3) is 3.99. The van der Waals surface area contributed by atoms with Gasteiger partial charge in [0.1, 0.15) is 5.84 Å². The summed E-state index contributed by atoms with van der Waals surface area (Å²) in [5, 5.41) is 0. The van der Waals surface area contributed by atoms with Crippen LogP contribution in [-0.2, 0) is 10.7 Å². The van der Waals surface area contributed by atoms with Crippen molar-refractivity contribution in [3.63, 3.8) is 0 Å². The first-order valence-electron chi connectivity index (χ1n) is 4.08. The lowest BCUT2D eigenvalue weighted by atomic mass is 10.3. The van der Waals surface area contributed by atoms with Gasteiger partial charge in [-0.25, -0.2) is 9.36 Å². The molecule has 70 valence electrons. The first-order valence-corrected chi connectivity index (χ1v) is 6.08. The molecule has 0 radical (unpaired) electrons. The van der Waals surface area contributed by atoms with Gasteiger partial charge in [-0.3, -0.25) is 0 Å². The van der Waals surface area contributed by atoms with E-state index in [1.54, 1.807) is 0 Å². The summed E-state index contributed by atoms with van der Waals surface area (Å²) in [4.78, 5) is 4.36. The second-order valence-electron chi connectivity index (χ2n) is 2.86. The smallest absolute Gasteiger partial charge is 0.133 e. The molecule has 1 rings (SSSR count). The van der Waals surface area contributed by atoms with Crippen LogP contribution in [-0.4, -0.2) is 18.3 Å². The standard InChI is InChI=1S/C10H14N2S/c1-9(12-13(2)3)11-10-7-5-4-6-8-10/h4-8H,1-3H3. The van der Waals surface area contributed by atoms with Gasteiger partial charge >= 0.3 is 0 Å². The number of rotatable bonds is 1. The van der Waals surface area contributed by atoms with Gasteiger partial charge in [-0.15, -0.1) is 0 Å². The Balaban J connectivity index is 2.83. The van der Waals surface area contributed by atoms with E-state index in [0.717, 1.165) is 11.5 Å². The molecule has 0 amide bonds. The largest absolute Gasteiger partial charge is 0.233 e. The molecule has 0 atom stereocenters. The van der Waals surface area contributed by atoms with Crippen molar-refractivity contribution in [1.82, 2.24) is 0 Å². The summed E-state index contributed by atoms with van der Waals surface area (Å²) in [6, 6.07) is 9.88. The van der Waals surface area contributed by atoms with Gasteiger partial charge in [0.15, 0.2) is 0 Å². The molecule has 3 heteroatoms. The number of aliphatic imine (C=N–C) groups is 1. The molecule has 13 heavy (non-hydrogen) atoms. The number of hydrogen-bond acceptors (Lipinski definition) is 1. The Morgan fingerprint density at radius 3 is 2.31 bits per heavy atom. The molecule has 0 heterocycles. The van der Waals surface area contributed by atoms with Crippen molar-refractivity contribution in [3.8, 4) is 0 Å². The Labute approximate surface area is 81.8 Å². The van der Waals surface area contributed by atoms with E-state index in [2.05, 4.69) is 21.9 Å². The number of hydrogen-bond donors (Lipinski definition) is 0. The van der Waals surface area contributed by atoms with Gasteiger partial charge in [-0.1, -0.05) is 28.9 Å². The third-order valence-electron chi connectivity index (χ3n) is 1.36. The average molecular weight is 194 g/mol. The van der Waals surface area contributed by atoms with Gasteiger partial charge in [0.05, 0.1) is 5.69 Å². The molecule has 0 N–H and O–H groups in total. The molecule has 0 fully saturated rings. The van der Waals surface area contributed by atoms with E-state index in [9.17, 15) is 0 Å². The highest BCUT2D eigenvalue weighted by molar-refractivity contribution is 7.86. The zero-order valence-corrected chi connectivity index (χ0v) is 9.01. The van der Waals surface area contributed by atoms with E-state index in [1.165, 1.54) is 0 Å². The number of nitrogens with zero attached hydrogens (tertiary/aromatic N) is 2. The van der Waals surface area contributed by atoms with Crippen molar-refractivity contribution in [2.75, 3.05) is 12.5 Å². The molecule has 0 aliphatic carbocycles. The van der Waals surface area contributed by atoms with Crippen LogP contribution in [0.4, 0.5) is 5.69 Å². The number of benzene rings is 1. The van der Waals surface area contributed by atoms with Crippen molar-refractivity contribution in [2.24, 2.45) is 9.36 Å². The zero-order chi connectivity index (χ0) is 9.68.